The Kier molecular flexibility index (Phi) is 3.98. The minimum Gasteiger partial charge on any atom is -0.481 e. The van der Waals surface area contributed by atoms with Crippen LogP contribution in [0.1, 0.15) is 30.9 Å². The molecular weight excluding hydrogens is 320 g/mol. The molecular formula is C19H22N2O4. The second-order valence-electron chi connectivity index (χ2n) is 7.44. The van der Waals surface area contributed by atoms with Gasteiger partial charge in [-0.3, -0.25) is 14.4 Å². The van der Waals surface area contributed by atoms with E-state index in [1.54, 1.807) is 12.1 Å². The number of carbonyl (C=O) groups is 2. The van der Waals surface area contributed by atoms with Crippen LogP contribution in [0, 0.1) is 17.8 Å². The first-order valence-electron chi connectivity index (χ1n) is 8.91. The van der Waals surface area contributed by atoms with Gasteiger partial charge in [-0.1, -0.05) is 18.2 Å². The maximum Gasteiger partial charge on any atom is 0.307 e. The van der Waals surface area contributed by atoms with E-state index in [1.165, 1.54) is 0 Å². The van der Waals surface area contributed by atoms with Crippen molar-refractivity contribution in [2.24, 2.45) is 17.8 Å². The number of hydrogen-bond donors (Lipinski definition) is 1. The number of carboxylic acids is 1. The number of hydrogen-bond acceptors (Lipinski definition) is 3. The van der Waals surface area contributed by atoms with E-state index >= 15 is 0 Å². The Balaban J connectivity index is 1.58. The number of likely N-dealkylation sites (tertiary alicyclic amines) is 1. The van der Waals surface area contributed by atoms with Gasteiger partial charge in [-0.15, -0.1) is 0 Å². The van der Waals surface area contributed by atoms with Crippen LogP contribution >= 0.6 is 0 Å². The standard InChI is InChI=1S/C19H22N2O4/c22-17-7-3-6-16-13-8-12(10-21(16)17)9-20(11-13)18(23)14-4-1-2-5-15(14)19(24)25/h1-3,6-7,12-15H,4-5,8-11H2,(H,24,25)/t12-,13-,14-,15-/m1/s1. The molecule has 1 aromatic rings. The summed E-state index contributed by atoms with van der Waals surface area (Å²) in [6.07, 6.45) is 5.68. The zero-order chi connectivity index (χ0) is 17.6. The molecule has 132 valence electrons. The molecule has 1 fully saturated rings. The lowest BCUT2D eigenvalue weighted by atomic mass is 9.79. The van der Waals surface area contributed by atoms with Crippen LogP contribution in [0.2, 0.25) is 0 Å². The summed E-state index contributed by atoms with van der Waals surface area (Å²) in [5.74, 6) is -1.62. The second kappa shape index (κ2) is 6.17. The van der Waals surface area contributed by atoms with E-state index in [0.29, 0.717) is 32.5 Å². The molecule has 1 N–H and O–H groups in total. The van der Waals surface area contributed by atoms with Gasteiger partial charge in [0.2, 0.25) is 5.91 Å². The molecule has 0 radical (unpaired) electrons. The van der Waals surface area contributed by atoms with Crippen LogP contribution in [0.15, 0.2) is 35.1 Å². The SMILES string of the molecule is O=C(O)[C@@H]1CC=CC[C@H]1C(=O)N1C[C@H]2C[C@H](C1)c1cccc(=O)n1C2. The third-order valence-corrected chi connectivity index (χ3v) is 5.86. The predicted molar refractivity (Wildman–Crippen MR) is 91.1 cm³/mol. The number of allylic oxidation sites excluding steroid dienone is 2. The number of fused-ring (bicyclic) bond motifs is 4. The first kappa shape index (κ1) is 16.1. The molecule has 0 saturated carbocycles. The average Bonchev–Trinajstić information content (AvgIpc) is 2.62. The Morgan fingerprint density at radius 1 is 1.04 bits per heavy atom. The fraction of sp³-hybridized carbons (Fsp3) is 0.526. The van der Waals surface area contributed by atoms with Gasteiger partial charge in [0.15, 0.2) is 0 Å². The number of piperidine rings is 1. The van der Waals surface area contributed by atoms with Gasteiger partial charge in [0.1, 0.15) is 0 Å². The van der Waals surface area contributed by atoms with Crippen LogP contribution < -0.4 is 5.56 Å². The molecule has 3 aliphatic rings. The normalized spacial score (nSPS) is 30.6. The van der Waals surface area contributed by atoms with Crippen molar-refractivity contribution in [1.29, 1.82) is 0 Å². The molecule has 0 spiro atoms. The summed E-state index contributed by atoms with van der Waals surface area (Å²) in [5, 5.41) is 9.44. The molecule has 3 heterocycles. The summed E-state index contributed by atoms with van der Waals surface area (Å²) in [7, 11) is 0. The number of aromatic nitrogens is 1. The molecule has 2 aliphatic heterocycles. The Morgan fingerprint density at radius 2 is 1.80 bits per heavy atom. The van der Waals surface area contributed by atoms with E-state index in [-0.39, 0.29) is 23.3 Å². The minimum absolute atomic E-state index is 0.0235. The molecule has 1 aliphatic carbocycles. The Labute approximate surface area is 145 Å². The molecule has 1 amide bonds. The maximum atomic E-state index is 13.0. The summed E-state index contributed by atoms with van der Waals surface area (Å²) in [5.41, 5.74) is 1.02. The predicted octanol–water partition coefficient (Wildman–Crippen LogP) is 1.46. The Morgan fingerprint density at radius 3 is 2.56 bits per heavy atom. The number of carbonyl (C=O) groups excluding carboxylic acids is 1. The van der Waals surface area contributed by atoms with Crippen molar-refractivity contribution in [2.45, 2.75) is 31.7 Å². The van der Waals surface area contributed by atoms with Crippen LogP contribution in [0.5, 0.6) is 0 Å². The highest BCUT2D eigenvalue weighted by molar-refractivity contribution is 5.85. The lowest BCUT2D eigenvalue weighted by Gasteiger charge is -2.44. The molecule has 1 aromatic heterocycles. The number of carboxylic acid groups (broad SMARTS) is 1. The van der Waals surface area contributed by atoms with Crippen LogP contribution in [0.4, 0.5) is 0 Å². The third kappa shape index (κ3) is 2.79. The first-order chi connectivity index (χ1) is 12.0. The average molecular weight is 342 g/mol. The van der Waals surface area contributed by atoms with Crippen molar-refractivity contribution < 1.29 is 14.7 Å². The van der Waals surface area contributed by atoms with Gasteiger partial charge in [-0.2, -0.15) is 0 Å². The molecule has 2 bridgehead atoms. The van der Waals surface area contributed by atoms with Crippen molar-refractivity contribution in [1.82, 2.24) is 9.47 Å². The molecule has 0 unspecified atom stereocenters. The van der Waals surface area contributed by atoms with Crippen LogP contribution in [-0.4, -0.2) is 39.5 Å². The van der Waals surface area contributed by atoms with E-state index in [4.69, 9.17) is 0 Å². The summed E-state index contributed by atoms with van der Waals surface area (Å²) < 4.78 is 1.84. The zero-order valence-corrected chi connectivity index (χ0v) is 14.0. The topological polar surface area (TPSA) is 79.6 Å². The van der Waals surface area contributed by atoms with Crippen molar-refractivity contribution in [3.05, 3.63) is 46.4 Å². The van der Waals surface area contributed by atoms with E-state index in [9.17, 15) is 19.5 Å². The summed E-state index contributed by atoms with van der Waals surface area (Å²) >= 11 is 0. The number of amides is 1. The number of nitrogens with zero attached hydrogens (tertiary/aromatic N) is 2. The highest BCUT2D eigenvalue weighted by Crippen LogP contribution is 2.37. The Bertz CT molecular complexity index is 797. The van der Waals surface area contributed by atoms with Crippen LogP contribution in [-0.2, 0) is 16.1 Å². The van der Waals surface area contributed by atoms with E-state index in [1.807, 2.05) is 27.7 Å². The van der Waals surface area contributed by atoms with Gasteiger partial charge < -0.3 is 14.6 Å². The van der Waals surface area contributed by atoms with Gasteiger partial charge in [-0.25, -0.2) is 0 Å². The quantitative estimate of drug-likeness (QED) is 0.825. The van der Waals surface area contributed by atoms with Gasteiger partial charge in [0, 0.05) is 37.3 Å². The number of pyridine rings is 1. The van der Waals surface area contributed by atoms with Crippen molar-refractivity contribution in [3.63, 3.8) is 0 Å². The molecule has 6 heteroatoms. The molecule has 0 aromatic carbocycles. The molecule has 4 rings (SSSR count). The summed E-state index contributed by atoms with van der Waals surface area (Å²) in [6.45, 7) is 1.83. The fourth-order valence-electron chi connectivity index (χ4n) is 4.67. The third-order valence-electron chi connectivity index (χ3n) is 5.86. The summed E-state index contributed by atoms with van der Waals surface area (Å²) in [4.78, 5) is 38.5. The highest BCUT2D eigenvalue weighted by atomic mass is 16.4. The molecule has 25 heavy (non-hydrogen) atoms. The Hall–Kier alpha value is -2.37. The van der Waals surface area contributed by atoms with E-state index in [0.717, 1.165) is 12.1 Å². The fourth-order valence-corrected chi connectivity index (χ4v) is 4.67. The first-order valence-corrected chi connectivity index (χ1v) is 8.91. The van der Waals surface area contributed by atoms with Crippen molar-refractivity contribution in [2.75, 3.05) is 13.1 Å². The van der Waals surface area contributed by atoms with Gasteiger partial charge in [0.05, 0.1) is 11.8 Å². The van der Waals surface area contributed by atoms with Crippen molar-refractivity contribution in [3.8, 4) is 0 Å². The van der Waals surface area contributed by atoms with Crippen LogP contribution in [0.25, 0.3) is 0 Å². The maximum absolute atomic E-state index is 13.0. The second-order valence-corrected chi connectivity index (χ2v) is 7.44. The number of rotatable bonds is 2. The minimum atomic E-state index is -0.892. The van der Waals surface area contributed by atoms with Gasteiger partial charge in [0.25, 0.3) is 5.56 Å². The largest absolute Gasteiger partial charge is 0.481 e. The molecule has 1 saturated heterocycles. The molecule has 4 atom stereocenters. The highest BCUT2D eigenvalue weighted by Gasteiger charge is 2.41. The smallest absolute Gasteiger partial charge is 0.307 e. The zero-order valence-electron chi connectivity index (χ0n) is 14.0. The van der Waals surface area contributed by atoms with E-state index in [2.05, 4.69) is 0 Å². The molecule has 6 nitrogen and oxygen atoms in total. The van der Waals surface area contributed by atoms with E-state index < -0.39 is 17.8 Å². The monoisotopic (exact) mass is 342 g/mol. The van der Waals surface area contributed by atoms with Crippen molar-refractivity contribution >= 4 is 11.9 Å². The van der Waals surface area contributed by atoms with Gasteiger partial charge in [-0.05, 0) is 31.2 Å². The lowest BCUT2D eigenvalue weighted by Crippen LogP contribution is -2.51. The summed E-state index contributed by atoms with van der Waals surface area (Å²) in [6, 6.07) is 5.33. The van der Waals surface area contributed by atoms with Crippen LogP contribution in [0.3, 0.4) is 0 Å². The van der Waals surface area contributed by atoms with Gasteiger partial charge >= 0.3 is 5.97 Å². The number of aliphatic carboxylic acids is 1. The lowest BCUT2D eigenvalue weighted by molar-refractivity contribution is -0.151.